The predicted octanol–water partition coefficient (Wildman–Crippen LogP) is 2.22. The van der Waals surface area contributed by atoms with Gasteiger partial charge < -0.3 is 9.84 Å². The molecule has 0 bridgehead atoms. The number of nitrogens with zero attached hydrogens (tertiary/aromatic N) is 1. The van der Waals surface area contributed by atoms with E-state index in [9.17, 15) is 14.7 Å². The van der Waals surface area contributed by atoms with Crippen LogP contribution in [-0.4, -0.2) is 41.9 Å². The van der Waals surface area contributed by atoms with Crippen molar-refractivity contribution in [2.75, 3.05) is 13.7 Å². The van der Waals surface area contributed by atoms with Crippen molar-refractivity contribution >= 4 is 24.0 Å². The van der Waals surface area contributed by atoms with Crippen LogP contribution in [-0.2, 0) is 4.79 Å². The number of methoxy groups -OCH3 is 1. The molecule has 0 aliphatic rings. The normalized spacial score (nSPS) is 11.0. The number of hydroxylamine groups is 1. The van der Waals surface area contributed by atoms with E-state index >= 15 is 0 Å². The maximum absolute atomic E-state index is 12.1. The molecule has 7 nitrogen and oxygen atoms in total. The van der Waals surface area contributed by atoms with Gasteiger partial charge in [0.2, 0.25) is 0 Å². The van der Waals surface area contributed by atoms with E-state index in [1.165, 1.54) is 37.0 Å². The summed E-state index contributed by atoms with van der Waals surface area (Å²) in [5.74, 6) is -0.274. The first-order valence-electron chi connectivity index (χ1n) is 7.65. The molecule has 0 saturated heterocycles. The summed E-state index contributed by atoms with van der Waals surface area (Å²) < 4.78 is 5.00. The van der Waals surface area contributed by atoms with E-state index in [4.69, 9.17) is 9.94 Å². The molecule has 0 aliphatic heterocycles. The van der Waals surface area contributed by atoms with Gasteiger partial charge in [-0.3, -0.25) is 19.8 Å². The number of phenolic OH excluding ortho intramolecular Hbond substituents is 1. The summed E-state index contributed by atoms with van der Waals surface area (Å²) >= 11 is 0. The van der Waals surface area contributed by atoms with E-state index in [0.29, 0.717) is 22.4 Å². The molecule has 2 rings (SSSR count). The SMILES string of the molecule is COc1ccc(C=NCC(=O)c2ccc(/C=C/C(=O)NO)cc2)c(O)c1. The molecule has 0 heterocycles. The first-order chi connectivity index (χ1) is 12.5. The summed E-state index contributed by atoms with van der Waals surface area (Å²) in [4.78, 5) is 27.1. The first kappa shape index (κ1) is 18.9. The van der Waals surface area contributed by atoms with Gasteiger partial charge in [-0.05, 0) is 23.8 Å². The number of aromatic hydroxyl groups is 1. The molecule has 7 heteroatoms. The van der Waals surface area contributed by atoms with Gasteiger partial charge in [0.15, 0.2) is 5.78 Å². The van der Waals surface area contributed by atoms with Crippen LogP contribution in [0.25, 0.3) is 6.08 Å². The second-order valence-corrected chi connectivity index (χ2v) is 5.25. The summed E-state index contributed by atoms with van der Waals surface area (Å²) in [5, 5.41) is 18.2. The number of carbonyl (C=O) groups excluding carboxylic acids is 2. The van der Waals surface area contributed by atoms with E-state index < -0.39 is 5.91 Å². The number of ether oxygens (including phenoxy) is 1. The number of rotatable bonds is 7. The molecular formula is C19H18N2O5. The van der Waals surface area contributed by atoms with Gasteiger partial charge >= 0.3 is 0 Å². The topological polar surface area (TPSA) is 108 Å². The van der Waals surface area contributed by atoms with Crippen LogP contribution in [0.5, 0.6) is 11.5 Å². The average Bonchev–Trinajstić information content (AvgIpc) is 2.67. The van der Waals surface area contributed by atoms with Gasteiger partial charge in [0.05, 0.1) is 7.11 Å². The van der Waals surface area contributed by atoms with Gasteiger partial charge in [-0.25, -0.2) is 5.48 Å². The number of hydrogen-bond acceptors (Lipinski definition) is 6. The first-order valence-corrected chi connectivity index (χ1v) is 7.65. The molecule has 1 amide bonds. The number of Topliss-reactive ketones (excluding diaryl/α,β-unsaturated/α-hetero) is 1. The van der Waals surface area contributed by atoms with Crippen LogP contribution in [0.4, 0.5) is 0 Å². The minimum Gasteiger partial charge on any atom is -0.507 e. The fraction of sp³-hybridized carbons (Fsp3) is 0.105. The van der Waals surface area contributed by atoms with E-state index in [2.05, 4.69) is 4.99 Å². The van der Waals surface area contributed by atoms with Gasteiger partial charge in [-0.1, -0.05) is 24.3 Å². The van der Waals surface area contributed by atoms with Gasteiger partial charge in [0.1, 0.15) is 18.0 Å². The Morgan fingerprint density at radius 3 is 2.54 bits per heavy atom. The summed E-state index contributed by atoms with van der Waals surface area (Å²) in [6, 6.07) is 11.4. The summed E-state index contributed by atoms with van der Waals surface area (Å²) in [7, 11) is 1.50. The molecular weight excluding hydrogens is 336 g/mol. The van der Waals surface area contributed by atoms with Crippen molar-refractivity contribution in [2.24, 2.45) is 4.99 Å². The molecule has 0 fully saturated rings. The van der Waals surface area contributed by atoms with Crippen molar-refractivity contribution in [2.45, 2.75) is 0 Å². The zero-order valence-electron chi connectivity index (χ0n) is 14.0. The standard InChI is InChI=1S/C19H18N2O5/c1-26-16-8-7-15(17(22)10-16)11-20-12-18(23)14-5-2-13(3-6-14)4-9-19(24)21-25/h2-11,22,25H,12H2,1H3,(H,21,24)/b9-4+,20-11?. The van der Waals surface area contributed by atoms with Crippen LogP contribution >= 0.6 is 0 Å². The highest BCUT2D eigenvalue weighted by Crippen LogP contribution is 2.21. The highest BCUT2D eigenvalue weighted by atomic mass is 16.5. The van der Waals surface area contributed by atoms with Crippen LogP contribution in [0.1, 0.15) is 21.5 Å². The summed E-state index contributed by atoms with van der Waals surface area (Å²) in [6.45, 7) is -0.0619. The monoisotopic (exact) mass is 354 g/mol. The molecule has 0 radical (unpaired) electrons. The summed E-state index contributed by atoms with van der Waals surface area (Å²) in [5.41, 5.74) is 3.16. The quantitative estimate of drug-likeness (QED) is 0.232. The van der Waals surface area contributed by atoms with Crippen LogP contribution in [0.2, 0.25) is 0 Å². The lowest BCUT2D eigenvalue weighted by molar-refractivity contribution is -0.124. The van der Waals surface area contributed by atoms with Crippen LogP contribution in [0, 0.1) is 0 Å². The number of ketones is 1. The number of amides is 1. The number of carbonyl (C=O) groups is 2. The minimum absolute atomic E-state index is 0.0172. The lowest BCUT2D eigenvalue weighted by Crippen LogP contribution is -2.14. The van der Waals surface area contributed by atoms with Crippen molar-refractivity contribution in [3.8, 4) is 11.5 Å². The van der Waals surface area contributed by atoms with E-state index in [0.717, 1.165) is 0 Å². The Hall–Kier alpha value is -3.45. The van der Waals surface area contributed by atoms with Crippen molar-refractivity contribution < 1.29 is 24.6 Å². The average molecular weight is 354 g/mol. The fourth-order valence-electron chi connectivity index (χ4n) is 2.07. The molecule has 134 valence electrons. The smallest absolute Gasteiger partial charge is 0.267 e. The Kier molecular flexibility index (Phi) is 6.64. The molecule has 2 aromatic carbocycles. The third kappa shape index (κ3) is 5.29. The zero-order valence-corrected chi connectivity index (χ0v) is 14.0. The largest absolute Gasteiger partial charge is 0.507 e. The van der Waals surface area contributed by atoms with Crippen molar-refractivity contribution in [3.63, 3.8) is 0 Å². The third-order valence-corrected chi connectivity index (χ3v) is 3.47. The fourth-order valence-corrected chi connectivity index (χ4v) is 2.07. The number of nitrogens with one attached hydrogen (secondary N) is 1. The number of hydrogen-bond donors (Lipinski definition) is 3. The van der Waals surface area contributed by atoms with Gasteiger partial charge in [-0.15, -0.1) is 0 Å². The second-order valence-electron chi connectivity index (χ2n) is 5.25. The maximum atomic E-state index is 12.1. The number of benzene rings is 2. The zero-order chi connectivity index (χ0) is 18.9. The third-order valence-electron chi connectivity index (χ3n) is 3.47. The second kappa shape index (κ2) is 9.14. The highest BCUT2D eigenvalue weighted by Gasteiger charge is 2.05. The Labute approximate surface area is 150 Å². The Morgan fingerprint density at radius 2 is 1.92 bits per heavy atom. The van der Waals surface area contributed by atoms with Crippen molar-refractivity contribution in [1.82, 2.24) is 5.48 Å². The van der Waals surface area contributed by atoms with Crippen LogP contribution in [0.3, 0.4) is 0 Å². The molecule has 0 spiro atoms. The van der Waals surface area contributed by atoms with Crippen LogP contribution in [0.15, 0.2) is 53.5 Å². The van der Waals surface area contributed by atoms with E-state index in [-0.39, 0.29) is 18.1 Å². The Bertz CT molecular complexity index is 842. The van der Waals surface area contributed by atoms with Gasteiger partial charge in [-0.2, -0.15) is 0 Å². The van der Waals surface area contributed by atoms with E-state index in [1.807, 2.05) is 0 Å². The molecule has 26 heavy (non-hydrogen) atoms. The number of aliphatic imine (C=N–C) groups is 1. The Balaban J connectivity index is 1.97. The van der Waals surface area contributed by atoms with E-state index in [1.54, 1.807) is 36.4 Å². The highest BCUT2D eigenvalue weighted by molar-refractivity contribution is 5.99. The van der Waals surface area contributed by atoms with Crippen molar-refractivity contribution in [3.05, 3.63) is 65.2 Å². The molecule has 2 aromatic rings. The molecule has 0 unspecified atom stereocenters. The van der Waals surface area contributed by atoms with Gasteiger partial charge in [0, 0.05) is 29.5 Å². The molecule has 0 aliphatic carbocycles. The minimum atomic E-state index is -0.638. The molecule has 3 N–H and O–H groups in total. The van der Waals surface area contributed by atoms with Gasteiger partial charge in [0.25, 0.3) is 5.91 Å². The maximum Gasteiger partial charge on any atom is 0.267 e. The lowest BCUT2D eigenvalue weighted by Gasteiger charge is -2.03. The number of phenols is 1. The van der Waals surface area contributed by atoms with Crippen LogP contribution < -0.4 is 10.2 Å². The molecule has 0 atom stereocenters. The Morgan fingerprint density at radius 1 is 1.19 bits per heavy atom. The molecule has 0 aromatic heterocycles. The lowest BCUT2D eigenvalue weighted by atomic mass is 10.1. The summed E-state index contributed by atoms with van der Waals surface area (Å²) in [6.07, 6.45) is 4.10. The molecule has 0 saturated carbocycles. The predicted molar refractivity (Wildman–Crippen MR) is 96.9 cm³/mol. The van der Waals surface area contributed by atoms with Crippen molar-refractivity contribution in [1.29, 1.82) is 0 Å².